The number of aliphatic carboxylic acids is 1. The fourth-order valence-electron chi connectivity index (χ4n) is 3.27. The van der Waals surface area contributed by atoms with Gasteiger partial charge in [-0.1, -0.05) is 35.5 Å². The van der Waals surface area contributed by atoms with Gasteiger partial charge in [-0.2, -0.15) is 0 Å². The Labute approximate surface area is 178 Å². The first-order valence-corrected chi connectivity index (χ1v) is 9.68. The molecular formula is C24H20N2O5. The molecule has 4 rings (SSSR count). The third-order valence-corrected chi connectivity index (χ3v) is 4.81. The van der Waals surface area contributed by atoms with Crippen LogP contribution in [0.3, 0.4) is 0 Å². The Morgan fingerprint density at radius 1 is 1.10 bits per heavy atom. The van der Waals surface area contributed by atoms with Crippen LogP contribution in [0.5, 0.6) is 5.75 Å². The Morgan fingerprint density at radius 2 is 1.84 bits per heavy atom. The van der Waals surface area contributed by atoms with Gasteiger partial charge in [-0.3, -0.25) is 9.59 Å². The van der Waals surface area contributed by atoms with Gasteiger partial charge in [0.1, 0.15) is 23.8 Å². The van der Waals surface area contributed by atoms with Crippen LogP contribution in [-0.2, 0) is 17.8 Å². The number of rotatable bonds is 8. The van der Waals surface area contributed by atoms with Crippen molar-refractivity contribution < 1.29 is 24.0 Å². The molecule has 0 saturated carbocycles. The number of carbonyl (C=O) groups excluding carboxylic acids is 1. The van der Waals surface area contributed by atoms with Crippen molar-refractivity contribution in [2.45, 2.75) is 20.0 Å². The van der Waals surface area contributed by atoms with Gasteiger partial charge in [0.25, 0.3) is 0 Å². The number of hydrogen-bond donors (Lipinski definition) is 2. The lowest BCUT2D eigenvalue weighted by atomic mass is 9.99. The average molecular weight is 416 g/mol. The van der Waals surface area contributed by atoms with Gasteiger partial charge < -0.3 is 19.4 Å². The number of ketones is 1. The maximum atomic E-state index is 13.1. The van der Waals surface area contributed by atoms with Gasteiger partial charge in [-0.05, 0) is 42.8 Å². The first-order valence-electron chi connectivity index (χ1n) is 9.68. The number of benzene rings is 2. The Morgan fingerprint density at radius 3 is 2.55 bits per heavy atom. The number of aromatic amines is 1. The highest BCUT2D eigenvalue weighted by atomic mass is 16.5. The molecule has 0 aliphatic rings. The van der Waals surface area contributed by atoms with E-state index in [0.29, 0.717) is 46.2 Å². The van der Waals surface area contributed by atoms with Crippen molar-refractivity contribution in [1.82, 2.24) is 10.1 Å². The number of nitrogens with one attached hydrogen (secondary N) is 1. The summed E-state index contributed by atoms with van der Waals surface area (Å²) in [6.07, 6.45) is 1.31. The number of aromatic nitrogens is 2. The first kappa shape index (κ1) is 20.2. The van der Waals surface area contributed by atoms with Crippen molar-refractivity contribution in [3.8, 4) is 17.0 Å². The fraction of sp³-hybridized carbons (Fsp3) is 0.125. The topological polar surface area (TPSA) is 105 Å². The number of aryl methyl sites for hydroxylation is 1. The van der Waals surface area contributed by atoms with Gasteiger partial charge in [0, 0.05) is 23.0 Å². The third kappa shape index (κ3) is 4.56. The van der Waals surface area contributed by atoms with Crippen LogP contribution in [0.25, 0.3) is 11.3 Å². The molecule has 0 aliphatic carbocycles. The second-order valence-corrected chi connectivity index (χ2v) is 7.07. The molecule has 7 heteroatoms. The van der Waals surface area contributed by atoms with Crippen molar-refractivity contribution in [3.05, 3.63) is 95.0 Å². The molecule has 0 spiro atoms. The molecule has 0 radical (unpaired) electrons. The van der Waals surface area contributed by atoms with Gasteiger partial charge in [-0.25, -0.2) is 0 Å². The molecule has 0 atom stereocenters. The zero-order chi connectivity index (χ0) is 21.8. The van der Waals surface area contributed by atoms with Crippen LogP contribution in [0.1, 0.15) is 32.9 Å². The van der Waals surface area contributed by atoms with Gasteiger partial charge in [0.2, 0.25) is 0 Å². The molecule has 2 aromatic carbocycles. The van der Waals surface area contributed by atoms with Gasteiger partial charge in [0.15, 0.2) is 5.78 Å². The Balaban J connectivity index is 1.53. The summed E-state index contributed by atoms with van der Waals surface area (Å²) >= 11 is 0. The van der Waals surface area contributed by atoms with Crippen molar-refractivity contribution in [2.75, 3.05) is 0 Å². The van der Waals surface area contributed by atoms with E-state index in [1.54, 1.807) is 6.92 Å². The molecule has 2 heterocycles. The quantitative estimate of drug-likeness (QED) is 0.412. The molecule has 0 unspecified atom stereocenters. The van der Waals surface area contributed by atoms with E-state index in [1.165, 1.54) is 12.3 Å². The number of H-pyrrole nitrogens is 1. The lowest BCUT2D eigenvalue weighted by molar-refractivity contribution is -0.136. The number of carboxylic acids is 1. The maximum absolute atomic E-state index is 13.1. The van der Waals surface area contributed by atoms with E-state index in [1.807, 2.05) is 54.6 Å². The van der Waals surface area contributed by atoms with E-state index < -0.39 is 5.97 Å². The fourth-order valence-corrected chi connectivity index (χ4v) is 3.27. The normalized spacial score (nSPS) is 10.7. The average Bonchev–Trinajstić information content (AvgIpc) is 3.39. The Hall–Kier alpha value is -4.13. The van der Waals surface area contributed by atoms with Crippen LogP contribution < -0.4 is 4.74 Å². The van der Waals surface area contributed by atoms with Crippen LogP contribution in [0.15, 0.2) is 71.4 Å². The molecule has 0 saturated heterocycles. The summed E-state index contributed by atoms with van der Waals surface area (Å²) in [5, 5.41) is 13.0. The molecule has 31 heavy (non-hydrogen) atoms. The van der Waals surface area contributed by atoms with E-state index in [2.05, 4.69) is 10.1 Å². The van der Waals surface area contributed by atoms with E-state index in [4.69, 9.17) is 14.4 Å². The van der Waals surface area contributed by atoms with Crippen molar-refractivity contribution in [3.63, 3.8) is 0 Å². The maximum Gasteiger partial charge on any atom is 0.309 e. The summed E-state index contributed by atoms with van der Waals surface area (Å²) in [5.74, 6) is -0.168. The van der Waals surface area contributed by atoms with Crippen LogP contribution in [0.4, 0.5) is 0 Å². The number of carboxylic acid groups (broad SMARTS) is 1. The monoisotopic (exact) mass is 416 g/mol. The van der Waals surface area contributed by atoms with E-state index in [0.717, 1.165) is 5.56 Å². The van der Waals surface area contributed by atoms with Crippen LogP contribution in [0, 0.1) is 6.92 Å². The molecule has 0 amide bonds. The number of hydrogen-bond acceptors (Lipinski definition) is 5. The molecule has 2 N–H and O–H groups in total. The molecule has 2 aromatic heterocycles. The SMILES string of the molecule is Cc1onc(-c2ccc(OCc3ccccc3)cc2)c1C(=O)c1c[nH]c(CC(=O)O)c1. The van der Waals surface area contributed by atoms with Gasteiger partial charge >= 0.3 is 5.97 Å². The number of carbonyl (C=O) groups is 2. The number of nitrogens with zero attached hydrogens (tertiary/aromatic N) is 1. The van der Waals surface area contributed by atoms with Crippen LogP contribution in [-0.4, -0.2) is 27.0 Å². The van der Waals surface area contributed by atoms with Crippen LogP contribution in [0.2, 0.25) is 0 Å². The minimum Gasteiger partial charge on any atom is -0.489 e. The highest BCUT2D eigenvalue weighted by Crippen LogP contribution is 2.29. The Bertz CT molecular complexity index is 1210. The van der Waals surface area contributed by atoms with Gasteiger partial charge in [-0.15, -0.1) is 0 Å². The molecular weight excluding hydrogens is 396 g/mol. The third-order valence-electron chi connectivity index (χ3n) is 4.81. The molecule has 0 bridgehead atoms. The van der Waals surface area contributed by atoms with Gasteiger partial charge in [0.05, 0.1) is 12.0 Å². The highest BCUT2D eigenvalue weighted by Gasteiger charge is 2.24. The highest BCUT2D eigenvalue weighted by molar-refractivity contribution is 6.13. The first-order chi connectivity index (χ1) is 15.0. The Kier molecular flexibility index (Phi) is 5.66. The second-order valence-electron chi connectivity index (χ2n) is 7.07. The summed E-state index contributed by atoms with van der Waals surface area (Å²) < 4.78 is 11.1. The van der Waals surface area contributed by atoms with Crippen molar-refractivity contribution in [1.29, 1.82) is 0 Å². The largest absolute Gasteiger partial charge is 0.489 e. The van der Waals surface area contributed by atoms with E-state index in [-0.39, 0.29) is 12.2 Å². The summed E-state index contributed by atoms with van der Waals surface area (Å²) in [5.41, 5.74) is 3.36. The van der Waals surface area contributed by atoms with Crippen LogP contribution >= 0.6 is 0 Å². The minimum atomic E-state index is -0.975. The summed E-state index contributed by atoms with van der Waals surface area (Å²) in [4.78, 5) is 26.8. The standard InChI is InChI=1S/C24H20N2O5/c1-15-22(24(29)18-11-19(25-13-18)12-21(27)28)23(26-31-15)17-7-9-20(10-8-17)30-14-16-5-3-2-4-6-16/h2-11,13,25H,12,14H2,1H3,(H,27,28). The zero-order valence-electron chi connectivity index (χ0n) is 16.8. The lowest BCUT2D eigenvalue weighted by Gasteiger charge is -2.07. The lowest BCUT2D eigenvalue weighted by Crippen LogP contribution is -2.03. The summed E-state index contributed by atoms with van der Waals surface area (Å²) in [7, 11) is 0. The zero-order valence-corrected chi connectivity index (χ0v) is 16.8. The van der Waals surface area contributed by atoms with Crippen molar-refractivity contribution in [2.24, 2.45) is 0 Å². The summed E-state index contributed by atoms with van der Waals surface area (Å²) in [6, 6.07) is 18.7. The predicted octanol–water partition coefficient (Wildman–Crippen LogP) is 4.42. The number of ether oxygens (including phenoxy) is 1. The smallest absolute Gasteiger partial charge is 0.309 e. The molecule has 0 fully saturated rings. The predicted molar refractivity (Wildman–Crippen MR) is 113 cm³/mol. The minimum absolute atomic E-state index is 0.187. The molecule has 156 valence electrons. The van der Waals surface area contributed by atoms with E-state index in [9.17, 15) is 9.59 Å². The molecule has 0 aliphatic heterocycles. The van der Waals surface area contributed by atoms with Crippen molar-refractivity contribution >= 4 is 11.8 Å². The molecule has 7 nitrogen and oxygen atoms in total. The van der Waals surface area contributed by atoms with E-state index >= 15 is 0 Å². The second kappa shape index (κ2) is 8.71. The molecule has 4 aromatic rings. The summed E-state index contributed by atoms with van der Waals surface area (Å²) in [6.45, 7) is 2.13.